The van der Waals surface area contributed by atoms with Gasteiger partial charge in [0.25, 0.3) is 0 Å². The Morgan fingerprint density at radius 2 is 1.96 bits per heavy atom. The number of likely N-dealkylation sites (tertiary alicyclic amines) is 1. The molecule has 1 saturated heterocycles. The van der Waals surface area contributed by atoms with E-state index in [1.165, 1.54) is 12.0 Å². The number of hydrogen-bond donors (Lipinski definition) is 0. The highest BCUT2D eigenvalue weighted by Gasteiger charge is 2.26. The molecule has 1 aromatic carbocycles. The monoisotopic (exact) mass is 328 g/mol. The lowest BCUT2D eigenvalue weighted by atomic mass is 10.0. The molecule has 0 spiro atoms. The Labute approximate surface area is 144 Å². The van der Waals surface area contributed by atoms with Gasteiger partial charge in [0.05, 0.1) is 0 Å². The zero-order chi connectivity index (χ0) is 17.3. The van der Waals surface area contributed by atoms with Crippen molar-refractivity contribution < 1.29 is 4.42 Å². The van der Waals surface area contributed by atoms with Crippen LogP contribution >= 0.6 is 0 Å². The molecule has 0 radical (unpaired) electrons. The van der Waals surface area contributed by atoms with E-state index in [-0.39, 0.29) is 5.63 Å². The predicted molar refractivity (Wildman–Crippen MR) is 98.6 cm³/mol. The Bertz CT molecular complexity index is 777. The molecular formula is C20H28N2O2. The fourth-order valence-electron chi connectivity index (χ4n) is 4.04. The van der Waals surface area contributed by atoms with Crippen LogP contribution in [0, 0.1) is 13.8 Å². The maximum absolute atomic E-state index is 12.0. The summed E-state index contributed by atoms with van der Waals surface area (Å²) in [5.41, 5.74) is 3.82. The van der Waals surface area contributed by atoms with E-state index in [0.29, 0.717) is 6.04 Å². The number of aryl methyl sites for hydroxylation is 2. The highest BCUT2D eigenvalue weighted by atomic mass is 16.4. The van der Waals surface area contributed by atoms with Crippen molar-refractivity contribution in [1.29, 1.82) is 0 Å². The van der Waals surface area contributed by atoms with E-state index < -0.39 is 0 Å². The Balaban J connectivity index is 1.87. The van der Waals surface area contributed by atoms with Gasteiger partial charge in [-0.1, -0.05) is 19.9 Å². The van der Waals surface area contributed by atoms with Crippen LogP contribution in [0.3, 0.4) is 0 Å². The lowest BCUT2D eigenvalue weighted by Crippen LogP contribution is -2.37. The van der Waals surface area contributed by atoms with Gasteiger partial charge in [-0.05, 0) is 56.1 Å². The van der Waals surface area contributed by atoms with Crippen molar-refractivity contribution in [1.82, 2.24) is 9.80 Å². The highest BCUT2D eigenvalue weighted by molar-refractivity contribution is 5.83. The van der Waals surface area contributed by atoms with Gasteiger partial charge in [0, 0.05) is 37.1 Å². The Hall–Kier alpha value is -1.65. The molecule has 2 heterocycles. The molecule has 4 nitrogen and oxygen atoms in total. The smallest absolute Gasteiger partial charge is 0.336 e. The molecule has 0 amide bonds. The molecule has 0 N–H and O–H groups in total. The van der Waals surface area contributed by atoms with Crippen LogP contribution < -0.4 is 5.63 Å². The maximum Gasteiger partial charge on any atom is 0.336 e. The normalized spacial score (nSPS) is 18.8. The van der Waals surface area contributed by atoms with Crippen molar-refractivity contribution in [2.24, 2.45) is 0 Å². The fourth-order valence-corrected chi connectivity index (χ4v) is 4.04. The van der Waals surface area contributed by atoms with Gasteiger partial charge in [-0.15, -0.1) is 0 Å². The van der Waals surface area contributed by atoms with E-state index in [1.807, 2.05) is 6.92 Å². The van der Waals surface area contributed by atoms with E-state index in [2.05, 4.69) is 42.7 Å². The average Bonchev–Trinajstić information content (AvgIpc) is 2.98. The molecule has 1 unspecified atom stereocenters. The van der Waals surface area contributed by atoms with Crippen molar-refractivity contribution in [3.63, 3.8) is 0 Å². The topological polar surface area (TPSA) is 36.7 Å². The summed E-state index contributed by atoms with van der Waals surface area (Å²) < 4.78 is 5.46. The molecule has 0 aliphatic carbocycles. The maximum atomic E-state index is 12.0. The molecular weight excluding hydrogens is 300 g/mol. The third kappa shape index (κ3) is 3.40. The first kappa shape index (κ1) is 17.2. The fraction of sp³-hybridized carbons (Fsp3) is 0.550. The summed E-state index contributed by atoms with van der Waals surface area (Å²) >= 11 is 0. The van der Waals surface area contributed by atoms with Gasteiger partial charge >= 0.3 is 5.63 Å². The van der Waals surface area contributed by atoms with Crippen LogP contribution in [0.25, 0.3) is 11.0 Å². The molecule has 1 aromatic heterocycles. The van der Waals surface area contributed by atoms with Crippen LogP contribution in [-0.4, -0.2) is 42.0 Å². The van der Waals surface area contributed by atoms with Crippen LogP contribution in [0.15, 0.2) is 27.4 Å². The summed E-state index contributed by atoms with van der Waals surface area (Å²) in [5.74, 6) is 0. The van der Waals surface area contributed by atoms with Crippen LogP contribution in [0.2, 0.25) is 0 Å². The number of rotatable bonds is 5. The standard InChI is InChI=1S/C20H28N2O2/c1-5-22(6-2)17-7-8-21(13-17)12-16-11-19(23)24-20-15(4)9-14(3)10-18(16)20/h9-11,17H,5-8,12-13H2,1-4H3. The third-order valence-electron chi connectivity index (χ3n) is 5.23. The zero-order valence-corrected chi connectivity index (χ0v) is 15.3. The Morgan fingerprint density at radius 3 is 2.67 bits per heavy atom. The second kappa shape index (κ2) is 7.08. The molecule has 1 atom stereocenters. The van der Waals surface area contributed by atoms with Crippen LogP contribution in [0.1, 0.15) is 37.0 Å². The van der Waals surface area contributed by atoms with E-state index in [9.17, 15) is 4.79 Å². The summed E-state index contributed by atoms with van der Waals surface area (Å²) in [4.78, 5) is 17.0. The number of hydrogen-bond acceptors (Lipinski definition) is 4. The summed E-state index contributed by atoms with van der Waals surface area (Å²) in [6.07, 6.45) is 1.21. The van der Waals surface area contributed by atoms with Gasteiger partial charge in [0.15, 0.2) is 0 Å². The number of benzene rings is 1. The summed E-state index contributed by atoms with van der Waals surface area (Å²) in [6, 6.07) is 6.51. The molecule has 4 heteroatoms. The van der Waals surface area contributed by atoms with Crippen LogP contribution in [0.5, 0.6) is 0 Å². The van der Waals surface area contributed by atoms with Gasteiger partial charge in [-0.25, -0.2) is 4.79 Å². The molecule has 1 aliphatic heterocycles. The second-order valence-electron chi connectivity index (χ2n) is 6.95. The first-order valence-electron chi connectivity index (χ1n) is 9.02. The van der Waals surface area contributed by atoms with E-state index in [1.54, 1.807) is 6.07 Å². The van der Waals surface area contributed by atoms with Gasteiger partial charge < -0.3 is 4.42 Å². The van der Waals surface area contributed by atoms with E-state index >= 15 is 0 Å². The first-order chi connectivity index (χ1) is 11.5. The zero-order valence-electron chi connectivity index (χ0n) is 15.3. The predicted octanol–water partition coefficient (Wildman–Crippen LogP) is 3.33. The second-order valence-corrected chi connectivity index (χ2v) is 6.95. The highest BCUT2D eigenvalue weighted by Crippen LogP contribution is 2.25. The Morgan fingerprint density at radius 1 is 1.21 bits per heavy atom. The largest absolute Gasteiger partial charge is 0.422 e. The molecule has 1 fully saturated rings. The lowest BCUT2D eigenvalue weighted by Gasteiger charge is -2.26. The SMILES string of the molecule is CCN(CC)C1CCN(Cc2cc(=O)oc3c(C)cc(C)cc23)C1. The van der Waals surface area contributed by atoms with Crippen molar-refractivity contribution in [3.8, 4) is 0 Å². The van der Waals surface area contributed by atoms with Crippen LogP contribution in [-0.2, 0) is 6.54 Å². The van der Waals surface area contributed by atoms with E-state index in [0.717, 1.165) is 54.8 Å². The van der Waals surface area contributed by atoms with Crippen molar-refractivity contribution >= 4 is 11.0 Å². The molecule has 0 bridgehead atoms. The summed E-state index contributed by atoms with van der Waals surface area (Å²) in [7, 11) is 0. The van der Waals surface area contributed by atoms with Crippen molar-refractivity contribution in [3.05, 3.63) is 45.3 Å². The molecule has 130 valence electrons. The first-order valence-corrected chi connectivity index (χ1v) is 9.02. The molecule has 3 rings (SSSR count). The van der Waals surface area contributed by atoms with Gasteiger partial charge in [-0.3, -0.25) is 9.80 Å². The van der Waals surface area contributed by atoms with Crippen LogP contribution in [0.4, 0.5) is 0 Å². The minimum atomic E-state index is -0.246. The molecule has 1 aliphatic rings. The number of fused-ring (bicyclic) bond motifs is 1. The molecule has 0 saturated carbocycles. The molecule has 24 heavy (non-hydrogen) atoms. The van der Waals surface area contributed by atoms with Crippen molar-refractivity contribution in [2.45, 2.75) is 46.7 Å². The average molecular weight is 328 g/mol. The lowest BCUT2D eigenvalue weighted by molar-refractivity contribution is 0.209. The van der Waals surface area contributed by atoms with Gasteiger partial charge in [0.1, 0.15) is 5.58 Å². The van der Waals surface area contributed by atoms with Gasteiger partial charge in [0.2, 0.25) is 0 Å². The number of nitrogens with zero attached hydrogens (tertiary/aromatic N) is 2. The third-order valence-corrected chi connectivity index (χ3v) is 5.23. The summed E-state index contributed by atoms with van der Waals surface area (Å²) in [5, 5.41) is 1.08. The quantitative estimate of drug-likeness (QED) is 0.789. The summed E-state index contributed by atoms with van der Waals surface area (Å²) in [6.45, 7) is 13.8. The Kier molecular flexibility index (Phi) is 5.07. The van der Waals surface area contributed by atoms with Gasteiger partial charge in [-0.2, -0.15) is 0 Å². The minimum Gasteiger partial charge on any atom is -0.422 e. The van der Waals surface area contributed by atoms with E-state index in [4.69, 9.17) is 4.42 Å². The van der Waals surface area contributed by atoms with Crippen molar-refractivity contribution in [2.75, 3.05) is 26.2 Å². The minimum absolute atomic E-state index is 0.246. The number of likely N-dealkylation sites (N-methyl/N-ethyl adjacent to an activating group) is 1. The molecule has 2 aromatic rings.